The molecule has 5 nitrogen and oxygen atoms in total. The summed E-state index contributed by atoms with van der Waals surface area (Å²) in [5, 5.41) is 2.61. The summed E-state index contributed by atoms with van der Waals surface area (Å²) in [5.41, 5.74) is 11.3. The second-order valence-corrected chi connectivity index (χ2v) is 6.24. The maximum absolute atomic E-state index is 12.7. The predicted octanol–water partition coefficient (Wildman–Crippen LogP) is 3.35. The first-order chi connectivity index (χ1) is 12.1. The fourth-order valence-corrected chi connectivity index (χ4v) is 2.89. The van der Waals surface area contributed by atoms with Crippen molar-refractivity contribution in [3.63, 3.8) is 0 Å². The number of carbonyl (C=O) groups is 1. The summed E-state index contributed by atoms with van der Waals surface area (Å²) in [6.07, 6.45) is -6.79. The molecule has 26 heavy (non-hydrogen) atoms. The molecule has 0 aliphatic heterocycles. The highest BCUT2D eigenvalue weighted by Crippen LogP contribution is 2.37. The SMILES string of the molecule is Nc1cc(OCC(F)F)c(C(=O)N[C@H]2CC[C@H](C(F)(F)F)CC2)cc1N. The Bertz CT molecular complexity index is 644. The van der Waals surface area contributed by atoms with E-state index in [1.54, 1.807) is 0 Å². The van der Waals surface area contributed by atoms with E-state index in [0.29, 0.717) is 0 Å². The predicted molar refractivity (Wildman–Crippen MR) is 86.0 cm³/mol. The highest BCUT2D eigenvalue weighted by molar-refractivity contribution is 5.99. The summed E-state index contributed by atoms with van der Waals surface area (Å²) in [4.78, 5) is 12.4. The van der Waals surface area contributed by atoms with Crippen LogP contribution in [0.2, 0.25) is 0 Å². The zero-order valence-electron chi connectivity index (χ0n) is 13.8. The van der Waals surface area contributed by atoms with Crippen LogP contribution in [0.5, 0.6) is 5.75 Å². The van der Waals surface area contributed by atoms with E-state index in [2.05, 4.69) is 5.32 Å². The number of hydrogen-bond acceptors (Lipinski definition) is 4. The van der Waals surface area contributed by atoms with Crippen LogP contribution in [0.3, 0.4) is 0 Å². The Kier molecular flexibility index (Phi) is 6.14. The summed E-state index contributed by atoms with van der Waals surface area (Å²) in [7, 11) is 0. The molecular formula is C16H20F5N3O2. The Balaban J connectivity index is 2.06. The lowest BCUT2D eigenvalue weighted by Crippen LogP contribution is -2.40. The van der Waals surface area contributed by atoms with Crippen molar-refractivity contribution in [1.29, 1.82) is 0 Å². The van der Waals surface area contributed by atoms with Gasteiger partial charge in [-0.3, -0.25) is 4.79 Å². The van der Waals surface area contributed by atoms with Gasteiger partial charge in [0.2, 0.25) is 0 Å². The summed E-state index contributed by atoms with van der Waals surface area (Å²) < 4.78 is 67.7. The van der Waals surface area contributed by atoms with Crippen LogP contribution >= 0.6 is 0 Å². The smallest absolute Gasteiger partial charge is 0.391 e. The molecule has 0 bridgehead atoms. The van der Waals surface area contributed by atoms with Gasteiger partial charge in [0.15, 0.2) is 0 Å². The Labute approximate surface area is 146 Å². The number of benzene rings is 1. The van der Waals surface area contributed by atoms with Crippen molar-refractivity contribution in [3.8, 4) is 5.75 Å². The van der Waals surface area contributed by atoms with Crippen molar-refractivity contribution >= 4 is 17.3 Å². The molecule has 2 rings (SSSR count). The number of nitrogens with two attached hydrogens (primary N) is 2. The summed E-state index contributed by atoms with van der Waals surface area (Å²) in [5.74, 6) is -2.18. The van der Waals surface area contributed by atoms with Crippen LogP contribution in [-0.2, 0) is 0 Å². The average Bonchev–Trinajstić information content (AvgIpc) is 2.55. The quantitative estimate of drug-likeness (QED) is 0.539. The van der Waals surface area contributed by atoms with E-state index in [4.69, 9.17) is 16.2 Å². The molecule has 1 aromatic rings. The van der Waals surface area contributed by atoms with Gasteiger partial charge in [-0.1, -0.05) is 0 Å². The number of nitrogens with one attached hydrogen (secondary N) is 1. The first-order valence-electron chi connectivity index (χ1n) is 8.05. The van der Waals surface area contributed by atoms with Crippen LogP contribution in [0, 0.1) is 5.92 Å². The highest BCUT2D eigenvalue weighted by atomic mass is 19.4. The minimum Gasteiger partial charge on any atom is -0.487 e. The molecule has 0 spiro atoms. The number of anilines is 2. The van der Waals surface area contributed by atoms with Crippen LogP contribution in [0.25, 0.3) is 0 Å². The van der Waals surface area contributed by atoms with Gasteiger partial charge in [-0.2, -0.15) is 13.2 Å². The molecule has 1 aliphatic carbocycles. The third-order valence-corrected chi connectivity index (χ3v) is 4.32. The number of rotatable bonds is 5. The molecule has 146 valence electrons. The van der Waals surface area contributed by atoms with Crippen LogP contribution in [0.15, 0.2) is 12.1 Å². The topological polar surface area (TPSA) is 90.4 Å². The number of ether oxygens (including phenoxy) is 1. The molecule has 1 saturated carbocycles. The Morgan fingerprint density at radius 1 is 1.15 bits per heavy atom. The van der Waals surface area contributed by atoms with Gasteiger partial charge in [-0.15, -0.1) is 0 Å². The van der Waals surface area contributed by atoms with Crippen molar-refractivity contribution in [2.75, 3.05) is 18.1 Å². The monoisotopic (exact) mass is 381 g/mol. The Morgan fingerprint density at radius 2 is 1.73 bits per heavy atom. The number of amides is 1. The summed E-state index contributed by atoms with van der Waals surface area (Å²) in [6, 6.07) is 1.93. The fraction of sp³-hybridized carbons (Fsp3) is 0.562. The number of nitrogen functional groups attached to an aromatic ring is 2. The van der Waals surface area contributed by atoms with E-state index in [-0.39, 0.29) is 48.4 Å². The van der Waals surface area contributed by atoms with E-state index in [0.717, 1.165) is 0 Å². The highest BCUT2D eigenvalue weighted by Gasteiger charge is 2.41. The largest absolute Gasteiger partial charge is 0.487 e. The van der Waals surface area contributed by atoms with Crippen LogP contribution in [-0.4, -0.2) is 31.2 Å². The first kappa shape index (κ1) is 20.1. The normalized spacial score (nSPS) is 20.8. The molecule has 0 atom stereocenters. The van der Waals surface area contributed by atoms with Crippen molar-refractivity contribution in [3.05, 3.63) is 17.7 Å². The number of halogens is 5. The van der Waals surface area contributed by atoms with Gasteiger partial charge in [-0.25, -0.2) is 8.78 Å². The number of carbonyl (C=O) groups excluding carboxylic acids is 1. The van der Waals surface area contributed by atoms with Crippen LogP contribution in [0.1, 0.15) is 36.0 Å². The van der Waals surface area contributed by atoms with Crippen molar-refractivity contribution < 1.29 is 31.5 Å². The summed E-state index contributed by atoms with van der Waals surface area (Å²) >= 11 is 0. The first-order valence-corrected chi connectivity index (χ1v) is 8.05. The third kappa shape index (κ3) is 5.12. The lowest BCUT2D eigenvalue weighted by atomic mass is 9.85. The van der Waals surface area contributed by atoms with Gasteiger partial charge in [0.25, 0.3) is 12.3 Å². The van der Waals surface area contributed by atoms with E-state index in [1.165, 1.54) is 12.1 Å². The van der Waals surface area contributed by atoms with Gasteiger partial charge >= 0.3 is 6.18 Å². The molecule has 0 heterocycles. The summed E-state index contributed by atoms with van der Waals surface area (Å²) in [6.45, 7) is -0.930. The molecule has 0 aromatic heterocycles. The van der Waals surface area contributed by atoms with Crippen LogP contribution in [0.4, 0.5) is 33.3 Å². The lowest BCUT2D eigenvalue weighted by molar-refractivity contribution is -0.182. The molecule has 0 radical (unpaired) electrons. The third-order valence-electron chi connectivity index (χ3n) is 4.32. The zero-order valence-corrected chi connectivity index (χ0v) is 13.8. The van der Waals surface area contributed by atoms with E-state index in [1.807, 2.05) is 0 Å². The minimum absolute atomic E-state index is 0.0662. The second-order valence-electron chi connectivity index (χ2n) is 6.24. The molecule has 1 aromatic carbocycles. The molecular weight excluding hydrogens is 361 g/mol. The minimum atomic E-state index is -4.24. The molecule has 1 amide bonds. The van der Waals surface area contributed by atoms with Gasteiger partial charge in [0.05, 0.1) is 22.9 Å². The van der Waals surface area contributed by atoms with Gasteiger partial charge in [-0.05, 0) is 31.7 Å². The Morgan fingerprint density at radius 3 is 2.27 bits per heavy atom. The number of hydrogen-bond donors (Lipinski definition) is 3. The van der Waals surface area contributed by atoms with E-state index in [9.17, 15) is 26.7 Å². The molecule has 0 saturated heterocycles. The molecule has 10 heteroatoms. The van der Waals surface area contributed by atoms with Gasteiger partial charge in [0, 0.05) is 12.1 Å². The zero-order chi connectivity index (χ0) is 19.5. The van der Waals surface area contributed by atoms with E-state index >= 15 is 0 Å². The van der Waals surface area contributed by atoms with Crippen molar-refractivity contribution in [2.45, 2.75) is 44.3 Å². The average molecular weight is 381 g/mol. The van der Waals surface area contributed by atoms with Crippen molar-refractivity contribution in [2.24, 2.45) is 5.92 Å². The maximum Gasteiger partial charge on any atom is 0.391 e. The molecule has 0 unspecified atom stereocenters. The lowest BCUT2D eigenvalue weighted by Gasteiger charge is -2.30. The molecule has 5 N–H and O–H groups in total. The standard InChI is InChI=1S/C16H20F5N3O2/c17-14(18)7-26-13-6-12(23)11(22)5-10(13)15(25)24-9-3-1-8(2-4-9)16(19,20)21/h5-6,8-9,14H,1-4,7,22-23H2,(H,24,25)/t8-,9-. The van der Waals surface area contributed by atoms with Crippen LogP contribution < -0.4 is 21.5 Å². The van der Waals surface area contributed by atoms with Gasteiger partial charge < -0.3 is 21.5 Å². The van der Waals surface area contributed by atoms with E-state index < -0.39 is 37.1 Å². The molecule has 1 aliphatic rings. The molecule has 1 fully saturated rings. The maximum atomic E-state index is 12.7. The Hall–Kier alpha value is -2.26. The second kappa shape index (κ2) is 7.96. The number of alkyl halides is 5. The van der Waals surface area contributed by atoms with Crippen molar-refractivity contribution in [1.82, 2.24) is 5.32 Å². The van der Waals surface area contributed by atoms with Gasteiger partial charge in [0.1, 0.15) is 12.4 Å². The fourth-order valence-electron chi connectivity index (χ4n) is 2.89.